The van der Waals surface area contributed by atoms with Crippen molar-refractivity contribution in [3.8, 4) is 11.5 Å². The van der Waals surface area contributed by atoms with E-state index in [0.29, 0.717) is 85.7 Å². The molecule has 0 aliphatic carbocycles. The number of nitrogens with zero attached hydrogens (tertiary/aromatic N) is 5. The number of piperazine rings is 1. The van der Waals surface area contributed by atoms with Crippen molar-refractivity contribution in [1.29, 1.82) is 0 Å². The first-order valence-electron chi connectivity index (χ1n) is 19.5. The fraction of sp³-hybridized carbons (Fsp3) is 0.381. The smallest absolute Gasteiger partial charge is 0.249 e. The number of carbonyl (C=O) groups is 4. The minimum atomic E-state index is -0.403. The molecule has 16 heteroatoms. The number of ether oxygens (including phenoxy) is 2. The van der Waals surface area contributed by atoms with Crippen molar-refractivity contribution in [3.05, 3.63) is 83.0 Å². The number of benzene rings is 3. The zero-order valence-electron chi connectivity index (χ0n) is 32.8. The molecule has 0 saturated carbocycles. The van der Waals surface area contributed by atoms with Gasteiger partial charge in [-0.15, -0.1) is 0 Å². The second kappa shape index (κ2) is 18.1. The summed E-state index contributed by atoms with van der Waals surface area (Å²) < 4.78 is 11.0. The molecule has 1 unspecified atom stereocenters. The van der Waals surface area contributed by atoms with Crippen LogP contribution < -0.4 is 35.6 Å². The Kier molecular flexibility index (Phi) is 12.6. The van der Waals surface area contributed by atoms with E-state index in [0.717, 1.165) is 37.3 Å². The molecule has 0 radical (unpaired) electrons. The Labute approximate surface area is 342 Å². The maximum Gasteiger partial charge on any atom is 0.249 e. The standard InChI is InChI=1S/C42H48ClN9O6/c1-26(53)32-23-31(57-2)9-11-34(32)46-40-33(43)24-44-42(49-40)47-35-10-8-30(22-37(35)58-3)51-18-20-52(21-19-51)39(55)25-50-16-14-28(15-17-50)27-4-6-29(7-5-27)45-36-12-13-38(54)48-41(36)56/h4-11,22-24,28,36,45H,12-21,25H2,1-3H3,(H,48,54,56)(H2,44,46,47,49). The fourth-order valence-corrected chi connectivity index (χ4v) is 7.75. The Bertz CT molecular complexity index is 2150. The Morgan fingerprint density at radius 2 is 1.62 bits per heavy atom. The van der Waals surface area contributed by atoms with Gasteiger partial charge in [-0.2, -0.15) is 4.98 Å². The van der Waals surface area contributed by atoms with E-state index in [4.69, 9.17) is 21.1 Å². The van der Waals surface area contributed by atoms with Crippen LogP contribution in [0.15, 0.2) is 66.9 Å². The lowest BCUT2D eigenvalue weighted by Crippen LogP contribution is -2.51. The van der Waals surface area contributed by atoms with Crippen LogP contribution in [0.25, 0.3) is 0 Å². The number of methoxy groups -OCH3 is 2. The lowest BCUT2D eigenvalue weighted by Gasteiger charge is -2.38. The molecule has 0 bridgehead atoms. The largest absolute Gasteiger partial charge is 0.497 e. The van der Waals surface area contributed by atoms with Gasteiger partial charge in [-0.05, 0) is 93.2 Å². The molecule has 1 aromatic heterocycles. The van der Waals surface area contributed by atoms with Crippen LogP contribution in [-0.2, 0) is 14.4 Å². The Balaban J connectivity index is 0.882. The van der Waals surface area contributed by atoms with E-state index in [9.17, 15) is 19.2 Å². The number of halogens is 1. The number of hydrogen-bond donors (Lipinski definition) is 4. The number of ketones is 1. The molecule has 3 aromatic carbocycles. The summed E-state index contributed by atoms with van der Waals surface area (Å²) in [6.07, 6.45) is 4.26. The lowest BCUT2D eigenvalue weighted by molar-refractivity contribution is -0.134. The summed E-state index contributed by atoms with van der Waals surface area (Å²) in [5.41, 5.74) is 4.72. The first-order valence-corrected chi connectivity index (χ1v) is 19.8. The maximum atomic E-state index is 13.4. The third-order valence-corrected chi connectivity index (χ3v) is 11.2. The van der Waals surface area contributed by atoms with Gasteiger partial charge in [-0.25, -0.2) is 4.98 Å². The van der Waals surface area contributed by atoms with Gasteiger partial charge in [0.05, 0.1) is 38.3 Å². The molecule has 4 aromatic rings. The van der Waals surface area contributed by atoms with Crippen LogP contribution in [0.5, 0.6) is 11.5 Å². The molecule has 3 amide bonds. The number of rotatable bonds is 13. The minimum Gasteiger partial charge on any atom is -0.497 e. The van der Waals surface area contributed by atoms with Gasteiger partial charge in [-0.3, -0.25) is 29.4 Å². The molecule has 15 nitrogen and oxygen atoms in total. The van der Waals surface area contributed by atoms with E-state index in [2.05, 4.69) is 53.2 Å². The number of nitrogens with one attached hydrogen (secondary N) is 4. The van der Waals surface area contributed by atoms with Crippen molar-refractivity contribution in [2.45, 2.75) is 44.6 Å². The van der Waals surface area contributed by atoms with Crippen LogP contribution in [0.3, 0.4) is 0 Å². The summed E-state index contributed by atoms with van der Waals surface area (Å²) >= 11 is 6.44. The number of piperidine rings is 2. The highest BCUT2D eigenvalue weighted by atomic mass is 35.5. The zero-order chi connectivity index (χ0) is 40.8. The summed E-state index contributed by atoms with van der Waals surface area (Å²) in [5, 5.41) is 12.3. The van der Waals surface area contributed by atoms with Gasteiger partial charge in [0.15, 0.2) is 11.6 Å². The predicted octanol–water partition coefficient (Wildman–Crippen LogP) is 5.58. The molecule has 1 atom stereocenters. The molecule has 7 rings (SSSR count). The van der Waals surface area contributed by atoms with Crippen molar-refractivity contribution >= 4 is 69.6 Å². The summed E-state index contributed by atoms with van der Waals surface area (Å²) in [5.74, 6) is 1.69. The highest BCUT2D eigenvalue weighted by Crippen LogP contribution is 2.34. The first-order chi connectivity index (χ1) is 28.1. The number of anilines is 6. The van der Waals surface area contributed by atoms with Crippen molar-refractivity contribution < 1.29 is 28.7 Å². The van der Waals surface area contributed by atoms with Crippen LogP contribution in [0.2, 0.25) is 5.02 Å². The van der Waals surface area contributed by atoms with Crippen molar-refractivity contribution in [2.24, 2.45) is 0 Å². The van der Waals surface area contributed by atoms with Gasteiger partial charge in [0, 0.05) is 55.6 Å². The average Bonchev–Trinajstić information content (AvgIpc) is 3.24. The second-order valence-electron chi connectivity index (χ2n) is 14.7. The van der Waals surface area contributed by atoms with E-state index >= 15 is 0 Å². The molecular weight excluding hydrogens is 762 g/mol. The fourth-order valence-electron chi connectivity index (χ4n) is 7.61. The molecule has 3 aliphatic rings. The summed E-state index contributed by atoms with van der Waals surface area (Å²) in [4.78, 5) is 64.6. The van der Waals surface area contributed by atoms with Crippen molar-refractivity contribution in [3.63, 3.8) is 0 Å². The van der Waals surface area contributed by atoms with Crippen LogP contribution in [0.4, 0.5) is 34.5 Å². The van der Waals surface area contributed by atoms with Crippen LogP contribution in [-0.4, -0.2) is 109 Å². The number of imide groups is 1. The molecular formula is C42H48ClN9O6. The van der Waals surface area contributed by atoms with Gasteiger partial charge in [-0.1, -0.05) is 23.7 Å². The topological polar surface area (TPSA) is 170 Å². The highest BCUT2D eigenvalue weighted by molar-refractivity contribution is 6.33. The summed E-state index contributed by atoms with van der Waals surface area (Å²) in [6, 6.07) is 18.8. The Morgan fingerprint density at radius 3 is 2.31 bits per heavy atom. The molecule has 3 fully saturated rings. The van der Waals surface area contributed by atoms with Crippen molar-refractivity contribution in [1.82, 2.24) is 25.1 Å². The SMILES string of the molecule is COc1ccc(Nc2nc(Nc3ccc(N4CCN(C(=O)CN5CCC(c6ccc(NC7CCC(=O)NC7=O)cc6)CC5)CC4)cc3OC)ncc2Cl)c(C(C)=O)c1. The van der Waals surface area contributed by atoms with Gasteiger partial charge in [0.25, 0.3) is 0 Å². The zero-order valence-corrected chi connectivity index (χ0v) is 33.6. The van der Waals surface area contributed by atoms with Crippen LogP contribution in [0.1, 0.15) is 54.4 Å². The molecule has 0 spiro atoms. The molecule has 304 valence electrons. The average molecular weight is 810 g/mol. The van der Waals surface area contributed by atoms with Crippen molar-refractivity contribution in [2.75, 3.05) is 80.9 Å². The number of hydrogen-bond acceptors (Lipinski definition) is 13. The van der Waals surface area contributed by atoms with Crippen LogP contribution in [0, 0.1) is 0 Å². The maximum absolute atomic E-state index is 13.4. The molecule has 3 aliphatic heterocycles. The summed E-state index contributed by atoms with van der Waals surface area (Å²) in [6.45, 7) is 6.26. The summed E-state index contributed by atoms with van der Waals surface area (Å²) in [7, 11) is 3.15. The lowest BCUT2D eigenvalue weighted by atomic mass is 9.89. The van der Waals surface area contributed by atoms with E-state index in [1.165, 1.54) is 18.7 Å². The quantitative estimate of drug-likeness (QED) is 0.0976. The molecule has 4 N–H and O–H groups in total. The normalized spacial score (nSPS) is 17.7. The molecule has 3 saturated heterocycles. The van der Waals surface area contributed by atoms with Gasteiger partial charge in [0.1, 0.15) is 22.6 Å². The third kappa shape index (κ3) is 9.60. The third-order valence-electron chi connectivity index (χ3n) is 10.9. The Hall–Kier alpha value is -5.93. The van der Waals surface area contributed by atoms with Crippen LogP contribution >= 0.6 is 11.6 Å². The van der Waals surface area contributed by atoms with E-state index in [-0.39, 0.29) is 34.5 Å². The van der Waals surface area contributed by atoms with Gasteiger partial charge < -0.3 is 35.2 Å². The first kappa shape index (κ1) is 40.3. The van der Waals surface area contributed by atoms with Gasteiger partial charge in [0.2, 0.25) is 23.7 Å². The molecule has 4 heterocycles. The highest BCUT2D eigenvalue weighted by Gasteiger charge is 2.28. The number of amides is 3. The van der Waals surface area contributed by atoms with E-state index in [1.807, 2.05) is 35.2 Å². The number of Topliss-reactive ketones (excluding diaryl/α,β-unsaturated/α-hetero) is 1. The van der Waals surface area contributed by atoms with E-state index < -0.39 is 6.04 Å². The Morgan fingerprint density at radius 1 is 0.879 bits per heavy atom. The number of likely N-dealkylation sites (tertiary alicyclic amines) is 1. The minimum absolute atomic E-state index is 0.139. The predicted molar refractivity (Wildman–Crippen MR) is 223 cm³/mol. The number of carbonyl (C=O) groups excluding carboxylic acids is 4. The van der Waals surface area contributed by atoms with E-state index in [1.54, 1.807) is 32.4 Å². The second-order valence-corrected chi connectivity index (χ2v) is 15.1. The molecule has 58 heavy (non-hydrogen) atoms. The monoisotopic (exact) mass is 809 g/mol. The number of aromatic nitrogens is 2. The van der Waals surface area contributed by atoms with Gasteiger partial charge >= 0.3 is 0 Å².